The molecule has 0 saturated carbocycles. The van der Waals surface area contributed by atoms with E-state index in [-0.39, 0.29) is 11.8 Å². The molecule has 1 atom stereocenters. The number of rotatable bonds is 6. The van der Waals surface area contributed by atoms with Crippen LogP contribution in [0.5, 0.6) is 0 Å². The molecule has 1 unspecified atom stereocenters. The van der Waals surface area contributed by atoms with Crippen molar-refractivity contribution < 1.29 is 8.42 Å². The lowest BCUT2D eigenvalue weighted by Gasteiger charge is -2.10. The highest BCUT2D eigenvalue weighted by atomic mass is 32.2. The zero-order valence-electron chi connectivity index (χ0n) is 9.86. The third kappa shape index (κ3) is 5.05. The van der Waals surface area contributed by atoms with Gasteiger partial charge in [0, 0.05) is 23.4 Å². The molecule has 1 rings (SSSR count). The average Bonchev–Trinajstić information content (AvgIpc) is 2.57. The number of nitrogens with one attached hydrogen (secondary N) is 1. The van der Waals surface area contributed by atoms with Crippen molar-refractivity contribution >= 4 is 21.2 Å². The van der Waals surface area contributed by atoms with Crippen LogP contribution in [0.25, 0.3) is 0 Å². The number of nitrogens with zero attached hydrogens (tertiary/aromatic N) is 1. The summed E-state index contributed by atoms with van der Waals surface area (Å²) in [6.45, 7) is 4.75. The molecule has 1 heterocycles. The SMILES string of the molecule is Cc1ncc(C(C)NCCCS(C)(=O)=O)s1. The lowest BCUT2D eigenvalue weighted by atomic mass is 10.3. The first-order valence-electron chi connectivity index (χ1n) is 5.22. The predicted molar refractivity (Wildman–Crippen MR) is 67.6 cm³/mol. The van der Waals surface area contributed by atoms with Gasteiger partial charge < -0.3 is 5.32 Å². The second-order valence-corrected chi connectivity index (χ2v) is 7.47. The third-order valence-corrected chi connectivity index (χ3v) is 4.33. The molecule has 0 aliphatic carbocycles. The molecule has 1 N–H and O–H groups in total. The van der Waals surface area contributed by atoms with Crippen LogP contribution in [-0.2, 0) is 9.84 Å². The summed E-state index contributed by atoms with van der Waals surface area (Å²) in [6, 6.07) is 0.241. The fraction of sp³-hybridized carbons (Fsp3) is 0.700. The monoisotopic (exact) mass is 262 g/mol. The molecule has 92 valence electrons. The minimum absolute atomic E-state index is 0.241. The van der Waals surface area contributed by atoms with E-state index in [4.69, 9.17) is 0 Å². The van der Waals surface area contributed by atoms with Gasteiger partial charge in [0.15, 0.2) is 0 Å². The third-order valence-electron chi connectivity index (χ3n) is 2.21. The van der Waals surface area contributed by atoms with Gasteiger partial charge in [0.05, 0.1) is 10.8 Å². The van der Waals surface area contributed by atoms with Crippen molar-refractivity contribution in [2.75, 3.05) is 18.6 Å². The number of hydrogen-bond donors (Lipinski definition) is 1. The number of thiazole rings is 1. The molecular weight excluding hydrogens is 244 g/mol. The normalized spacial score (nSPS) is 13.9. The van der Waals surface area contributed by atoms with Crippen molar-refractivity contribution in [1.82, 2.24) is 10.3 Å². The largest absolute Gasteiger partial charge is 0.309 e. The number of aromatic nitrogens is 1. The maximum Gasteiger partial charge on any atom is 0.147 e. The van der Waals surface area contributed by atoms with Gasteiger partial charge in [-0.15, -0.1) is 11.3 Å². The number of hydrogen-bond acceptors (Lipinski definition) is 5. The van der Waals surface area contributed by atoms with Gasteiger partial charge in [0.2, 0.25) is 0 Å². The predicted octanol–water partition coefficient (Wildman–Crippen LogP) is 1.54. The standard InChI is InChI=1S/C10H18N2O2S2/c1-8(10-7-12-9(2)15-10)11-5-4-6-16(3,13)14/h7-8,11H,4-6H2,1-3H3. The molecule has 0 amide bonds. The van der Waals surface area contributed by atoms with Gasteiger partial charge in [-0.05, 0) is 26.8 Å². The van der Waals surface area contributed by atoms with Crippen molar-refractivity contribution in [2.45, 2.75) is 26.3 Å². The van der Waals surface area contributed by atoms with Gasteiger partial charge in [0.1, 0.15) is 9.84 Å². The molecule has 1 aromatic heterocycles. The molecule has 6 heteroatoms. The Labute approximate surface area is 101 Å². The molecule has 16 heavy (non-hydrogen) atoms. The van der Waals surface area contributed by atoms with Crippen molar-refractivity contribution in [3.8, 4) is 0 Å². The molecule has 0 fully saturated rings. The van der Waals surface area contributed by atoms with Crippen LogP contribution in [0.15, 0.2) is 6.20 Å². The van der Waals surface area contributed by atoms with Crippen LogP contribution in [0.2, 0.25) is 0 Å². The van der Waals surface area contributed by atoms with E-state index in [2.05, 4.69) is 17.2 Å². The lowest BCUT2D eigenvalue weighted by Crippen LogP contribution is -2.21. The molecule has 4 nitrogen and oxygen atoms in total. The highest BCUT2D eigenvalue weighted by molar-refractivity contribution is 7.90. The second kappa shape index (κ2) is 5.75. The first-order valence-corrected chi connectivity index (χ1v) is 8.09. The van der Waals surface area contributed by atoms with Crippen molar-refractivity contribution in [3.63, 3.8) is 0 Å². The Morgan fingerprint density at radius 3 is 2.75 bits per heavy atom. The van der Waals surface area contributed by atoms with Gasteiger partial charge in [-0.25, -0.2) is 13.4 Å². The minimum Gasteiger partial charge on any atom is -0.309 e. The van der Waals surface area contributed by atoms with E-state index in [0.717, 1.165) is 5.01 Å². The van der Waals surface area contributed by atoms with E-state index in [9.17, 15) is 8.42 Å². The molecular formula is C10H18N2O2S2. The van der Waals surface area contributed by atoms with Crippen LogP contribution in [0.4, 0.5) is 0 Å². The summed E-state index contributed by atoms with van der Waals surface area (Å²) in [6.07, 6.45) is 3.79. The molecule has 0 saturated heterocycles. The molecule has 0 radical (unpaired) electrons. The highest BCUT2D eigenvalue weighted by Crippen LogP contribution is 2.19. The van der Waals surface area contributed by atoms with E-state index < -0.39 is 9.84 Å². The van der Waals surface area contributed by atoms with Gasteiger partial charge in [-0.3, -0.25) is 0 Å². The van der Waals surface area contributed by atoms with Crippen LogP contribution in [-0.4, -0.2) is 32.0 Å². The molecule has 0 spiro atoms. The Hall–Kier alpha value is -0.460. The van der Waals surface area contributed by atoms with Crippen molar-refractivity contribution in [2.24, 2.45) is 0 Å². The van der Waals surface area contributed by atoms with Crippen LogP contribution < -0.4 is 5.32 Å². The van der Waals surface area contributed by atoms with Crippen molar-refractivity contribution in [3.05, 3.63) is 16.1 Å². The van der Waals surface area contributed by atoms with Crippen LogP contribution in [0.3, 0.4) is 0 Å². The Morgan fingerprint density at radius 2 is 2.25 bits per heavy atom. The summed E-state index contributed by atoms with van der Waals surface area (Å²) in [5.74, 6) is 0.244. The summed E-state index contributed by atoms with van der Waals surface area (Å²) >= 11 is 1.67. The van der Waals surface area contributed by atoms with Gasteiger partial charge >= 0.3 is 0 Å². The van der Waals surface area contributed by atoms with Gasteiger partial charge in [-0.2, -0.15) is 0 Å². The summed E-state index contributed by atoms with van der Waals surface area (Å²) in [7, 11) is -2.83. The maximum absolute atomic E-state index is 10.9. The zero-order valence-corrected chi connectivity index (χ0v) is 11.5. The van der Waals surface area contributed by atoms with E-state index in [1.165, 1.54) is 11.1 Å². The lowest BCUT2D eigenvalue weighted by molar-refractivity contribution is 0.567. The van der Waals surface area contributed by atoms with E-state index in [0.29, 0.717) is 13.0 Å². The fourth-order valence-corrected chi connectivity index (χ4v) is 2.81. The number of aryl methyl sites for hydroxylation is 1. The Morgan fingerprint density at radius 1 is 1.56 bits per heavy atom. The summed E-state index contributed by atoms with van der Waals surface area (Å²) in [5, 5.41) is 4.35. The van der Waals surface area contributed by atoms with Crippen LogP contribution in [0, 0.1) is 6.92 Å². The molecule has 0 aliphatic heterocycles. The highest BCUT2D eigenvalue weighted by Gasteiger charge is 2.08. The van der Waals surface area contributed by atoms with Crippen LogP contribution in [0.1, 0.15) is 29.3 Å². The quantitative estimate of drug-likeness (QED) is 0.790. The average molecular weight is 262 g/mol. The fourth-order valence-electron chi connectivity index (χ4n) is 1.33. The first-order chi connectivity index (χ1) is 7.38. The topological polar surface area (TPSA) is 59.1 Å². The molecule has 0 aliphatic rings. The molecule has 0 bridgehead atoms. The van der Waals surface area contributed by atoms with Crippen LogP contribution >= 0.6 is 11.3 Å². The summed E-state index contributed by atoms with van der Waals surface area (Å²) < 4.78 is 21.8. The van der Waals surface area contributed by atoms with E-state index >= 15 is 0 Å². The maximum atomic E-state index is 10.9. The second-order valence-electron chi connectivity index (χ2n) is 3.94. The smallest absolute Gasteiger partial charge is 0.147 e. The zero-order chi connectivity index (χ0) is 12.2. The Kier molecular flexibility index (Phi) is 4.89. The summed E-state index contributed by atoms with van der Waals surface area (Å²) in [5.41, 5.74) is 0. The van der Waals surface area contributed by atoms with Gasteiger partial charge in [0.25, 0.3) is 0 Å². The Bertz CT molecular complexity index is 426. The first kappa shape index (κ1) is 13.6. The van der Waals surface area contributed by atoms with E-state index in [1.807, 2.05) is 13.1 Å². The molecule has 0 aromatic carbocycles. The number of sulfone groups is 1. The summed E-state index contributed by atoms with van der Waals surface area (Å²) in [4.78, 5) is 5.38. The van der Waals surface area contributed by atoms with E-state index in [1.54, 1.807) is 11.3 Å². The van der Waals surface area contributed by atoms with Crippen molar-refractivity contribution in [1.29, 1.82) is 0 Å². The van der Waals surface area contributed by atoms with Gasteiger partial charge in [-0.1, -0.05) is 0 Å². The molecule has 1 aromatic rings. The minimum atomic E-state index is -2.83. The Balaban J connectivity index is 2.28.